The van der Waals surface area contributed by atoms with Gasteiger partial charge in [-0.15, -0.1) is 0 Å². The van der Waals surface area contributed by atoms with Crippen LogP contribution in [-0.2, 0) is 10.4 Å². The molecule has 2 N–H and O–H groups in total. The van der Waals surface area contributed by atoms with Crippen molar-refractivity contribution in [3.63, 3.8) is 0 Å². The number of nitrogens with one attached hydrogen (secondary N) is 1. The molecule has 23 heavy (non-hydrogen) atoms. The van der Waals surface area contributed by atoms with E-state index in [1.54, 1.807) is 7.11 Å². The van der Waals surface area contributed by atoms with Crippen molar-refractivity contribution in [2.24, 2.45) is 5.92 Å². The number of piperidine rings is 1. The van der Waals surface area contributed by atoms with E-state index >= 15 is 0 Å². The van der Waals surface area contributed by atoms with Gasteiger partial charge in [-0.1, -0.05) is 18.2 Å². The quantitative estimate of drug-likeness (QED) is 0.834. The first-order chi connectivity index (χ1) is 11.1. The van der Waals surface area contributed by atoms with E-state index in [-0.39, 0.29) is 5.91 Å². The second kappa shape index (κ2) is 6.89. The van der Waals surface area contributed by atoms with Crippen molar-refractivity contribution in [2.45, 2.75) is 31.3 Å². The van der Waals surface area contributed by atoms with Gasteiger partial charge in [-0.2, -0.15) is 0 Å². The highest BCUT2D eigenvalue weighted by Crippen LogP contribution is 2.37. The first-order valence-electron chi connectivity index (χ1n) is 8.46. The number of ether oxygens (including phenoxy) is 1. The number of hydrogen-bond acceptors (Lipinski definition) is 4. The molecular weight excluding hydrogens is 292 g/mol. The molecule has 0 spiro atoms. The molecule has 0 unspecified atom stereocenters. The number of benzene rings is 1. The molecule has 1 aliphatic carbocycles. The molecule has 3 rings (SSSR count). The number of amides is 1. The van der Waals surface area contributed by atoms with E-state index in [2.05, 4.69) is 10.2 Å². The van der Waals surface area contributed by atoms with Crippen LogP contribution in [-0.4, -0.2) is 49.2 Å². The largest absolute Gasteiger partial charge is 0.496 e. The van der Waals surface area contributed by atoms with Crippen molar-refractivity contribution in [1.82, 2.24) is 10.2 Å². The minimum absolute atomic E-state index is 0.0969. The first-order valence-corrected chi connectivity index (χ1v) is 8.46. The maximum atomic E-state index is 11.9. The standard InChI is InChI=1S/C18H26N2O3/c1-23-16-5-3-2-4-15(16)18(22)8-10-20(11-9-18)13-17(21)19-12-14-6-7-14/h2-5,14,22H,6-13H2,1H3,(H,19,21). The Bertz CT molecular complexity index is 549. The average Bonchev–Trinajstić information content (AvgIpc) is 3.40. The molecule has 1 aromatic carbocycles. The molecule has 2 aliphatic rings. The third-order valence-electron chi connectivity index (χ3n) is 4.94. The van der Waals surface area contributed by atoms with E-state index in [1.807, 2.05) is 24.3 Å². The van der Waals surface area contributed by atoms with Gasteiger partial charge in [-0.25, -0.2) is 0 Å². The fourth-order valence-electron chi connectivity index (χ4n) is 3.22. The van der Waals surface area contributed by atoms with Gasteiger partial charge in [0.25, 0.3) is 0 Å². The zero-order valence-electron chi connectivity index (χ0n) is 13.8. The van der Waals surface area contributed by atoms with Gasteiger partial charge in [0.2, 0.25) is 5.91 Å². The summed E-state index contributed by atoms with van der Waals surface area (Å²) in [5.41, 5.74) is -0.0199. The van der Waals surface area contributed by atoms with Crippen LogP contribution in [0.1, 0.15) is 31.2 Å². The van der Waals surface area contributed by atoms with E-state index < -0.39 is 5.60 Å². The van der Waals surface area contributed by atoms with Crippen molar-refractivity contribution < 1.29 is 14.6 Å². The molecule has 0 atom stereocenters. The van der Waals surface area contributed by atoms with Crippen molar-refractivity contribution in [2.75, 3.05) is 33.3 Å². The summed E-state index contributed by atoms with van der Waals surface area (Å²) in [6, 6.07) is 7.64. The Hall–Kier alpha value is -1.59. The number of para-hydroxylation sites is 1. The summed E-state index contributed by atoms with van der Waals surface area (Å²) in [6.45, 7) is 2.67. The van der Waals surface area contributed by atoms with Crippen LogP contribution in [0.2, 0.25) is 0 Å². The predicted octanol–water partition coefficient (Wildman–Crippen LogP) is 1.50. The molecule has 2 fully saturated rings. The molecule has 1 heterocycles. The Morgan fingerprint density at radius 3 is 2.70 bits per heavy atom. The van der Waals surface area contributed by atoms with Crippen molar-refractivity contribution in [3.05, 3.63) is 29.8 Å². The Morgan fingerprint density at radius 1 is 1.35 bits per heavy atom. The topological polar surface area (TPSA) is 61.8 Å². The monoisotopic (exact) mass is 318 g/mol. The number of likely N-dealkylation sites (tertiary alicyclic amines) is 1. The Balaban J connectivity index is 1.53. The smallest absolute Gasteiger partial charge is 0.234 e. The van der Waals surface area contributed by atoms with Gasteiger partial charge >= 0.3 is 0 Å². The fraction of sp³-hybridized carbons (Fsp3) is 0.611. The first kappa shape index (κ1) is 16.3. The molecule has 0 bridgehead atoms. The van der Waals surface area contributed by atoms with E-state index in [0.717, 1.165) is 17.9 Å². The van der Waals surface area contributed by atoms with Crippen LogP contribution in [0, 0.1) is 5.92 Å². The summed E-state index contributed by atoms with van der Waals surface area (Å²) in [5, 5.41) is 14.0. The molecule has 0 radical (unpaired) electrons. The number of hydrogen-bond donors (Lipinski definition) is 2. The van der Waals surface area contributed by atoms with Gasteiger partial charge in [0.1, 0.15) is 5.75 Å². The number of aliphatic hydroxyl groups is 1. The molecule has 1 saturated carbocycles. The van der Waals surface area contributed by atoms with E-state index in [1.165, 1.54) is 12.8 Å². The number of methoxy groups -OCH3 is 1. The lowest BCUT2D eigenvalue weighted by Crippen LogP contribution is -2.46. The third kappa shape index (κ3) is 4.03. The van der Waals surface area contributed by atoms with Crippen LogP contribution in [0.4, 0.5) is 0 Å². The Kier molecular flexibility index (Phi) is 4.87. The molecule has 5 heteroatoms. The molecule has 126 valence electrons. The molecular formula is C18H26N2O3. The number of carbonyl (C=O) groups excluding carboxylic acids is 1. The molecule has 1 amide bonds. The lowest BCUT2D eigenvalue weighted by Gasteiger charge is -2.38. The van der Waals surface area contributed by atoms with Gasteiger partial charge in [-0.05, 0) is 37.7 Å². The Morgan fingerprint density at radius 2 is 2.04 bits per heavy atom. The van der Waals surface area contributed by atoms with E-state index in [4.69, 9.17) is 4.74 Å². The molecule has 0 aromatic heterocycles. The van der Waals surface area contributed by atoms with Gasteiger partial charge in [0.15, 0.2) is 0 Å². The maximum absolute atomic E-state index is 11.9. The summed E-state index contributed by atoms with van der Waals surface area (Å²) in [4.78, 5) is 14.1. The number of nitrogens with zero attached hydrogens (tertiary/aromatic N) is 1. The summed E-state index contributed by atoms with van der Waals surface area (Å²) in [7, 11) is 1.63. The van der Waals surface area contributed by atoms with E-state index in [0.29, 0.717) is 38.4 Å². The normalized spacial score (nSPS) is 21.0. The van der Waals surface area contributed by atoms with Gasteiger partial charge in [-0.3, -0.25) is 9.69 Å². The third-order valence-corrected chi connectivity index (χ3v) is 4.94. The highest BCUT2D eigenvalue weighted by atomic mass is 16.5. The summed E-state index contributed by atoms with van der Waals surface area (Å²) < 4.78 is 5.38. The van der Waals surface area contributed by atoms with Crippen molar-refractivity contribution in [1.29, 1.82) is 0 Å². The van der Waals surface area contributed by atoms with Crippen LogP contribution in [0.15, 0.2) is 24.3 Å². The van der Waals surface area contributed by atoms with Gasteiger partial charge in [0, 0.05) is 25.2 Å². The lowest BCUT2D eigenvalue weighted by molar-refractivity contribution is -0.123. The predicted molar refractivity (Wildman–Crippen MR) is 88.3 cm³/mol. The molecule has 5 nitrogen and oxygen atoms in total. The zero-order chi connectivity index (χ0) is 16.3. The SMILES string of the molecule is COc1ccccc1C1(O)CCN(CC(=O)NCC2CC2)CC1. The summed E-state index contributed by atoms with van der Waals surface area (Å²) in [5.74, 6) is 1.53. The summed E-state index contributed by atoms with van der Waals surface area (Å²) in [6.07, 6.45) is 3.72. The van der Waals surface area contributed by atoms with Gasteiger partial charge < -0.3 is 15.2 Å². The van der Waals surface area contributed by atoms with Gasteiger partial charge in [0.05, 0.1) is 19.3 Å². The number of carbonyl (C=O) groups is 1. The van der Waals surface area contributed by atoms with Crippen LogP contribution in [0.5, 0.6) is 5.75 Å². The van der Waals surface area contributed by atoms with Crippen LogP contribution in [0.25, 0.3) is 0 Å². The number of rotatable bonds is 6. The lowest BCUT2D eigenvalue weighted by atomic mass is 9.84. The highest BCUT2D eigenvalue weighted by Gasteiger charge is 2.36. The average molecular weight is 318 g/mol. The Labute approximate surface area is 137 Å². The zero-order valence-corrected chi connectivity index (χ0v) is 13.8. The fourth-order valence-corrected chi connectivity index (χ4v) is 3.22. The van der Waals surface area contributed by atoms with Crippen molar-refractivity contribution in [3.8, 4) is 5.75 Å². The van der Waals surface area contributed by atoms with Crippen LogP contribution >= 0.6 is 0 Å². The second-order valence-electron chi connectivity index (χ2n) is 6.76. The summed E-state index contributed by atoms with van der Waals surface area (Å²) >= 11 is 0. The second-order valence-corrected chi connectivity index (χ2v) is 6.76. The van der Waals surface area contributed by atoms with E-state index in [9.17, 15) is 9.90 Å². The highest BCUT2D eigenvalue weighted by molar-refractivity contribution is 5.78. The minimum Gasteiger partial charge on any atom is -0.496 e. The molecule has 1 aromatic rings. The van der Waals surface area contributed by atoms with Crippen molar-refractivity contribution >= 4 is 5.91 Å². The van der Waals surface area contributed by atoms with Crippen LogP contribution in [0.3, 0.4) is 0 Å². The molecule has 1 aliphatic heterocycles. The maximum Gasteiger partial charge on any atom is 0.234 e. The molecule has 1 saturated heterocycles. The van der Waals surface area contributed by atoms with Crippen LogP contribution < -0.4 is 10.1 Å². The minimum atomic E-state index is -0.867.